The second kappa shape index (κ2) is 4.60. The Hall–Kier alpha value is -1.81. The molecule has 2 saturated heterocycles. The van der Waals surface area contributed by atoms with Crippen LogP contribution in [0.25, 0.3) is 10.9 Å². The van der Waals surface area contributed by atoms with Crippen molar-refractivity contribution in [3.05, 3.63) is 36.0 Å². The van der Waals surface area contributed by atoms with Crippen LogP contribution in [0.2, 0.25) is 0 Å². The normalized spacial score (nSPS) is 25.7. The van der Waals surface area contributed by atoms with Gasteiger partial charge in [-0.05, 0) is 43.7 Å². The van der Waals surface area contributed by atoms with E-state index in [1.54, 1.807) is 0 Å². The maximum atomic E-state index is 12.8. The molecule has 0 saturated carbocycles. The molecule has 21 heavy (non-hydrogen) atoms. The first kappa shape index (κ1) is 12.9. The first-order chi connectivity index (χ1) is 10.1. The van der Waals surface area contributed by atoms with Crippen LogP contribution >= 0.6 is 0 Å². The molecule has 4 heteroatoms. The molecule has 4 rings (SSSR count). The molecule has 0 unspecified atom stereocenters. The smallest absolute Gasteiger partial charge is 0.254 e. The van der Waals surface area contributed by atoms with Crippen LogP contribution in [0.3, 0.4) is 0 Å². The maximum Gasteiger partial charge on any atom is 0.254 e. The van der Waals surface area contributed by atoms with Gasteiger partial charge in [-0.25, -0.2) is 0 Å². The molecule has 2 fully saturated rings. The van der Waals surface area contributed by atoms with Crippen molar-refractivity contribution in [2.24, 2.45) is 13.0 Å². The Balaban J connectivity index is 1.64. The Morgan fingerprint density at radius 2 is 2.05 bits per heavy atom. The lowest BCUT2D eigenvalue weighted by atomic mass is 10.0. The lowest BCUT2D eigenvalue weighted by Gasteiger charge is -2.24. The first-order valence-electron chi connectivity index (χ1n) is 7.68. The quantitative estimate of drug-likeness (QED) is 0.800. The number of aromatic nitrogens is 1. The van der Waals surface area contributed by atoms with Crippen LogP contribution in [0.15, 0.2) is 30.5 Å². The van der Waals surface area contributed by atoms with Gasteiger partial charge in [0.2, 0.25) is 0 Å². The summed E-state index contributed by atoms with van der Waals surface area (Å²) in [6.45, 7) is 3.06. The van der Waals surface area contributed by atoms with E-state index >= 15 is 0 Å². The molecule has 0 N–H and O–H groups in total. The Morgan fingerprint density at radius 3 is 2.90 bits per heavy atom. The summed E-state index contributed by atoms with van der Waals surface area (Å²) in [5, 5.41) is 1.14. The number of benzene rings is 1. The number of likely N-dealkylation sites (N-methyl/N-ethyl adjacent to an activating group) is 1. The summed E-state index contributed by atoms with van der Waals surface area (Å²) in [6, 6.07) is 8.54. The van der Waals surface area contributed by atoms with Crippen molar-refractivity contribution >= 4 is 16.8 Å². The van der Waals surface area contributed by atoms with Crippen molar-refractivity contribution < 1.29 is 4.79 Å². The Bertz CT molecular complexity index is 705. The molecule has 1 aromatic heterocycles. The van der Waals surface area contributed by atoms with E-state index in [2.05, 4.69) is 33.5 Å². The monoisotopic (exact) mass is 283 g/mol. The predicted molar refractivity (Wildman–Crippen MR) is 83.3 cm³/mol. The van der Waals surface area contributed by atoms with E-state index in [0.717, 1.165) is 37.0 Å². The summed E-state index contributed by atoms with van der Waals surface area (Å²) in [7, 11) is 4.18. The number of carbonyl (C=O) groups excluding carboxylic acids is 1. The Morgan fingerprint density at radius 1 is 1.19 bits per heavy atom. The van der Waals surface area contributed by atoms with Gasteiger partial charge in [-0.15, -0.1) is 0 Å². The summed E-state index contributed by atoms with van der Waals surface area (Å²) >= 11 is 0. The third-order valence-electron chi connectivity index (χ3n) is 5.12. The molecule has 2 aliphatic heterocycles. The molecule has 2 aliphatic rings. The summed E-state index contributed by atoms with van der Waals surface area (Å²) < 4.78 is 2.08. The van der Waals surface area contributed by atoms with Crippen LogP contribution in [0, 0.1) is 5.92 Å². The lowest BCUT2D eigenvalue weighted by Crippen LogP contribution is -2.39. The highest BCUT2D eigenvalue weighted by molar-refractivity contribution is 5.98. The highest BCUT2D eigenvalue weighted by Gasteiger charge is 2.42. The van der Waals surface area contributed by atoms with Gasteiger partial charge in [0.05, 0.1) is 0 Å². The highest BCUT2D eigenvalue weighted by Crippen LogP contribution is 2.32. The van der Waals surface area contributed by atoms with Crippen LogP contribution < -0.4 is 0 Å². The number of fused-ring (bicyclic) bond motifs is 2. The van der Waals surface area contributed by atoms with Crippen molar-refractivity contribution in [3.63, 3.8) is 0 Å². The van der Waals surface area contributed by atoms with Gasteiger partial charge < -0.3 is 14.4 Å². The molecule has 0 spiro atoms. The first-order valence-corrected chi connectivity index (χ1v) is 7.68. The van der Waals surface area contributed by atoms with Gasteiger partial charge in [-0.1, -0.05) is 0 Å². The minimum absolute atomic E-state index is 0.198. The molecule has 0 radical (unpaired) electrons. The topological polar surface area (TPSA) is 28.5 Å². The van der Waals surface area contributed by atoms with Crippen LogP contribution in [-0.2, 0) is 7.05 Å². The molecule has 0 bridgehead atoms. The fourth-order valence-corrected chi connectivity index (χ4v) is 4.01. The zero-order chi connectivity index (χ0) is 14.6. The van der Waals surface area contributed by atoms with Gasteiger partial charge in [0.15, 0.2) is 0 Å². The summed E-state index contributed by atoms with van der Waals surface area (Å²) in [5.74, 6) is 0.864. The summed E-state index contributed by atoms with van der Waals surface area (Å²) in [5.41, 5.74) is 2.00. The molecular formula is C17H21N3O. The number of aryl methyl sites for hydroxylation is 1. The molecule has 1 aromatic carbocycles. The average molecular weight is 283 g/mol. The third kappa shape index (κ3) is 1.97. The fraction of sp³-hybridized carbons (Fsp3) is 0.471. The minimum Gasteiger partial charge on any atom is -0.351 e. The van der Waals surface area contributed by atoms with Crippen LogP contribution in [0.1, 0.15) is 16.8 Å². The standard InChI is InChI=1S/C17H21N3O/c1-18-10-14-6-8-20(16(14)11-18)17(21)13-3-4-15-12(9-13)5-7-19(15)2/h3-5,7,9,14,16H,6,8,10-11H2,1-2H3/t14-,16+/m0/s1. The number of amides is 1. The highest BCUT2D eigenvalue weighted by atomic mass is 16.2. The van der Waals surface area contributed by atoms with Crippen molar-refractivity contribution in [1.29, 1.82) is 0 Å². The van der Waals surface area contributed by atoms with Gasteiger partial charge in [-0.2, -0.15) is 0 Å². The number of hydrogen-bond acceptors (Lipinski definition) is 2. The van der Waals surface area contributed by atoms with Crippen molar-refractivity contribution in [2.75, 3.05) is 26.7 Å². The Kier molecular flexibility index (Phi) is 2.82. The van der Waals surface area contributed by atoms with E-state index in [1.807, 2.05) is 25.4 Å². The third-order valence-corrected chi connectivity index (χ3v) is 5.12. The number of rotatable bonds is 1. The predicted octanol–water partition coefficient (Wildman–Crippen LogP) is 1.95. The van der Waals surface area contributed by atoms with Gasteiger partial charge in [0, 0.05) is 55.4 Å². The number of carbonyl (C=O) groups is 1. The summed E-state index contributed by atoms with van der Waals surface area (Å²) in [4.78, 5) is 17.3. The zero-order valence-corrected chi connectivity index (χ0v) is 12.6. The Labute approximate surface area is 124 Å². The van der Waals surface area contributed by atoms with Crippen molar-refractivity contribution in [1.82, 2.24) is 14.4 Å². The molecule has 3 heterocycles. The van der Waals surface area contributed by atoms with Gasteiger partial charge in [0.1, 0.15) is 0 Å². The molecule has 110 valence electrons. The lowest BCUT2D eigenvalue weighted by molar-refractivity contribution is 0.0730. The van der Waals surface area contributed by atoms with E-state index < -0.39 is 0 Å². The molecule has 0 aliphatic carbocycles. The van der Waals surface area contributed by atoms with Gasteiger partial charge in [0.25, 0.3) is 5.91 Å². The molecular weight excluding hydrogens is 262 g/mol. The molecule has 1 amide bonds. The number of nitrogens with zero attached hydrogens (tertiary/aromatic N) is 3. The van der Waals surface area contributed by atoms with E-state index in [9.17, 15) is 4.79 Å². The molecule has 4 nitrogen and oxygen atoms in total. The van der Waals surface area contributed by atoms with Crippen LogP contribution in [0.5, 0.6) is 0 Å². The van der Waals surface area contributed by atoms with Gasteiger partial charge >= 0.3 is 0 Å². The van der Waals surface area contributed by atoms with E-state index in [1.165, 1.54) is 5.52 Å². The van der Waals surface area contributed by atoms with Crippen molar-refractivity contribution in [3.8, 4) is 0 Å². The number of likely N-dealkylation sites (tertiary alicyclic amines) is 2. The van der Waals surface area contributed by atoms with E-state index in [-0.39, 0.29) is 5.91 Å². The largest absolute Gasteiger partial charge is 0.351 e. The second-order valence-corrected chi connectivity index (χ2v) is 6.54. The van der Waals surface area contributed by atoms with E-state index in [0.29, 0.717) is 12.0 Å². The summed E-state index contributed by atoms with van der Waals surface area (Å²) in [6.07, 6.45) is 3.19. The zero-order valence-electron chi connectivity index (χ0n) is 12.6. The second-order valence-electron chi connectivity index (χ2n) is 6.54. The molecule has 2 atom stereocenters. The minimum atomic E-state index is 0.198. The van der Waals surface area contributed by atoms with Crippen LogP contribution in [0.4, 0.5) is 0 Å². The molecule has 2 aromatic rings. The maximum absolute atomic E-state index is 12.8. The number of hydrogen-bond donors (Lipinski definition) is 0. The van der Waals surface area contributed by atoms with E-state index in [4.69, 9.17) is 0 Å². The SMILES string of the molecule is CN1C[C@@H]2CCN(C(=O)c3ccc4c(ccn4C)c3)[C@@H]2C1. The van der Waals surface area contributed by atoms with Crippen molar-refractivity contribution in [2.45, 2.75) is 12.5 Å². The van der Waals surface area contributed by atoms with Crippen LogP contribution in [-0.4, -0.2) is 53.0 Å². The van der Waals surface area contributed by atoms with Gasteiger partial charge in [-0.3, -0.25) is 4.79 Å². The average Bonchev–Trinajstić information content (AvgIpc) is 3.12. The fourth-order valence-electron chi connectivity index (χ4n) is 4.01.